The standard InChI is InChI=1S/C19H17N5O4/c1-10-16(17(23-22-10)13-5-4-6-15(20-13)26-2)11-7-8-12-14(9-11)28-24-18(12)21-19(25)27-3/h4-9H,1-3H3,(H,22,23)(H,21,24,25). The van der Waals surface area contributed by atoms with Gasteiger partial charge in [0.25, 0.3) is 0 Å². The molecule has 0 aliphatic rings. The quantitative estimate of drug-likeness (QED) is 0.554. The number of anilines is 1. The zero-order chi connectivity index (χ0) is 19.7. The Morgan fingerprint density at radius 1 is 1.21 bits per heavy atom. The molecule has 0 spiro atoms. The molecule has 1 aromatic carbocycles. The summed E-state index contributed by atoms with van der Waals surface area (Å²) in [7, 11) is 2.85. The number of benzene rings is 1. The van der Waals surface area contributed by atoms with Crippen molar-refractivity contribution in [3.05, 3.63) is 42.1 Å². The Labute approximate surface area is 159 Å². The zero-order valence-electron chi connectivity index (χ0n) is 15.4. The third kappa shape index (κ3) is 3.02. The van der Waals surface area contributed by atoms with Crippen LogP contribution in [0.3, 0.4) is 0 Å². The molecule has 4 rings (SSSR count). The maximum atomic E-state index is 11.4. The Bertz CT molecular complexity index is 1160. The summed E-state index contributed by atoms with van der Waals surface area (Å²) in [6.07, 6.45) is -0.614. The molecule has 4 aromatic rings. The van der Waals surface area contributed by atoms with E-state index in [1.807, 2.05) is 37.3 Å². The number of ether oxygens (including phenoxy) is 2. The molecule has 0 aliphatic heterocycles. The highest BCUT2D eigenvalue weighted by molar-refractivity contribution is 5.98. The van der Waals surface area contributed by atoms with Crippen LogP contribution in [0.15, 0.2) is 40.9 Å². The van der Waals surface area contributed by atoms with E-state index in [1.54, 1.807) is 13.2 Å². The van der Waals surface area contributed by atoms with Crippen molar-refractivity contribution < 1.29 is 18.8 Å². The van der Waals surface area contributed by atoms with Gasteiger partial charge in [0.2, 0.25) is 5.88 Å². The minimum Gasteiger partial charge on any atom is -0.481 e. The summed E-state index contributed by atoms with van der Waals surface area (Å²) in [6.45, 7) is 1.93. The van der Waals surface area contributed by atoms with Crippen LogP contribution in [0.1, 0.15) is 5.69 Å². The topological polar surface area (TPSA) is 115 Å². The Hall–Kier alpha value is -3.88. The highest BCUT2D eigenvalue weighted by Gasteiger charge is 2.18. The second kappa shape index (κ2) is 7.03. The summed E-state index contributed by atoms with van der Waals surface area (Å²) >= 11 is 0. The number of amides is 1. The summed E-state index contributed by atoms with van der Waals surface area (Å²) in [5.41, 5.74) is 4.55. The molecular formula is C19H17N5O4. The van der Waals surface area contributed by atoms with Crippen LogP contribution in [0.5, 0.6) is 5.88 Å². The number of carbonyl (C=O) groups is 1. The zero-order valence-corrected chi connectivity index (χ0v) is 15.4. The minimum absolute atomic E-state index is 0.298. The number of nitrogens with one attached hydrogen (secondary N) is 2. The van der Waals surface area contributed by atoms with E-state index in [4.69, 9.17) is 9.26 Å². The molecule has 0 bridgehead atoms. The van der Waals surface area contributed by atoms with Gasteiger partial charge in [-0.3, -0.25) is 10.4 Å². The van der Waals surface area contributed by atoms with Crippen molar-refractivity contribution in [2.75, 3.05) is 19.5 Å². The number of hydrogen-bond donors (Lipinski definition) is 2. The van der Waals surface area contributed by atoms with Crippen molar-refractivity contribution in [3.8, 4) is 28.4 Å². The van der Waals surface area contributed by atoms with Crippen molar-refractivity contribution in [2.45, 2.75) is 6.92 Å². The van der Waals surface area contributed by atoms with Crippen LogP contribution in [0.2, 0.25) is 0 Å². The van der Waals surface area contributed by atoms with Crippen molar-refractivity contribution >= 4 is 22.9 Å². The van der Waals surface area contributed by atoms with Gasteiger partial charge in [0, 0.05) is 17.3 Å². The monoisotopic (exact) mass is 379 g/mol. The smallest absolute Gasteiger partial charge is 0.412 e. The molecule has 0 atom stereocenters. The average Bonchev–Trinajstić information content (AvgIpc) is 3.30. The molecule has 3 heterocycles. The Morgan fingerprint density at radius 3 is 2.86 bits per heavy atom. The summed E-state index contributed by atoms with van der Waals surface area (Å²) < 4.78 is 15.2. The number of pyridine rings is 1. The molecule has 0 radical (unpaired) electrons. The van der Waals surface area contributed by atoms with Crippen LogP contribution in [0.25, 0.3) is 33.5 Å². The molecular weight excluding hydrogens is 362 g/mol. The molecule has 3 aromatic heterocycles. The van der Waals surface area contributed by atoms with Crippen LogP contribution in [0, 0.1) is 6.92 Å². The maximum absolute atomic E-state index is 11.4. The fraction of sp³-hybridized carbons (Fsp3) is 0.158. The first-order chi connectivity index (χ1) is 13.6. The SMILES string of the molecule is COC(=O)Nc1noc2cc(-c3c(-c4cccc(OC)n4)n[nH]c3C)ccc12. The van der Waals surface area contributed by atoms with Gasteiger partial charge >= 0.3 is 6.09 Å². The number of fused-ring (bicyclic) bond motifs is 1. The lowest BCUT2D eigenvalue weighted by atomic mass is 10.0. The molecule has 1 amide bonds. The number of methoxy groups -OCH3 is 2. The molecule has 0 saturated carbocycles. The third-order valence-corrected chi connectivity index (χ3v) is 4.29. The minimum atomic E-state index is -0.614. The molecule has 0 fully saturated rings. The number of aromatic nitrogens is 4. The van der Waals surface area contributed by atoms with Crippen molar-refractivity contribution in [1.82, 2.24) is 20.3 Å². The molecule has 9 heteroatoms. The summed E-state index contributed by atoms with van der Waals surface area (Å²) in [4.78, 5) is 15.9. The lowest BCUT2D eigenvalue weighted by molar-refractivity contribution is 0.186. The molecule has 2 N–H and O–H groups in total. The first-order valence-corrected chi connectivity index (χ1v) is 8.42. The lowest BCUT2D eigenvalue weighted by Crippen LogP contribution is -2.11. The van der Waals surface area contributed by atoms with Gasteiger partial charge in [-0.1, -0.05) is 17.3 Å². The first kappa shape index (κ1) is 17.5. The number of nitrogens with zero attached hydrogens (tertiary/aromatic N) is 3. The second-order valence-corrected chi connectivity index (χ2v) is 6.00. The van der Waals surface area contributed by atoms with Gasteiger partial charge in [-0.2, -0.15) is 5.10 Å². The number of aryl methyl sites for hydroxylation is 1. The number of rotatable bonds is 4. The van der Waals surface area contributed by atoms with E-state index in [-0.39, 0.29) is 0 Å². The largest absolute Gasteiger partial charge is 0.481 e. The normalized spacial score (nSPS) is 10.8. The summed E-state index contributed by atoms with van der Waals surface area (Å²) in [6, 6.07) is 11.1. The molecule has 142 valence electrons. The van der Waals surface area contributed by atoms with Gasteiger partial charge < -0.3 is 14.0 Å². The van der Waals surface area contributed by atoms with Crippen molar-refractivity contribution in [3.63, 3.8) is 0 Å². The fourth-order valence-corrected chi connectivity index (χ4v) is 2.96. The van der Waals surface area contributed by atoms with E-state index in [9.17, 15) is 4.79 Å². The van der Waals surface area contributed by atoms with Gasteiger partial charge in [0.05, 0.1) is 25.3 Å². The van der Waals surface area contributed by atoms with Crippen LogP contribution in [-0.2, 0) is 4.74 Å². The number of H-pyrrole nitrogens is 1. The van der Waals surface area contributed by atoms with Crippen LogP contribution < -0.4 is 10.1 Å². The molecule has 0 saturated heterocycles. The lowest BCUT2D eigenvalue weighted by Gasteiger charge is -2.06. The van der Waals surface area contributed by atoms with Gasteiger partial charge in [-0.25, -0.2) is 9.78 Å². The molecule has 0 unspecified atom stereocenters. The van der Waals surface area contributed by atoms with Gasteiger partial charge in [-0.15, -0.1) is 0 Å². The number of aromatic amines is 1. The average molecular weight is 379 g/mol. The molecule has 0 aliphatic carbocycles. The highest BCUT2D eigenvalue weighted by Crippen LogP contribution is 2.35. The van der Waals surface area contributed by atoms with E-state index >= 15 is 0 Å². The van der Waals surface area contributed by atoms with Crippen molar-refractivity contribution in [1.29, 1.82) is 0 Å². The third-order valence-electron chi connectivity index (χ3n) is 4.29. The molecule has 28 heavy (non-hydrogen) atoms. The number of hydrogen-bond acceptors (Lipinski definition) is 7. The predicted octanol–water partition coefficient (Wildman–Crippen LogP) is 3.78. The Morgan fingerprint density at radius 2 is 2.07 bits per heavy atom. The summed E-state index contributed by atoms with van der Waals surface area (Å²) in [5, 5.41) is 14.5. The maximum Gasteiger partial charge on any atom is 0.412 e. The number of carbonyl (C=O) groups excluding carboxylic acids is 1. The second-order valence-electron chi connectivity index (χ2n) is 6.00. The van der Waals surface area contributed by atoms with Crippen LogP contribution >= 0.6 is 0 Å². The van der Waals surface area contributed by atoms with E-state index < -0.39 is 6.09 Å². The van der Waals surface area contributed by atoms with Gasteiger partial charge in [0.15, 0.2) is 11.4 Å². The predicted molar refractivity (Wildman–Crippen MR) is 102 cm³/mol. The van der Waals surface area contributed by atoms with Crippen molar-refractivity contribution in [2.24, 2.45) is 0 Å². The van der Waals surface area contributed by atoms with Crippen LogP contribution in [-0.4, -0.2) is 40.7 Å². The van der Waals surface area contributed by atoms with E-state index in [2.05, 4.69) is 30.4 Å². The summed E-state index contributed by atoms with van der Waals surface area (Å²) in [5.74, 6) is 0.806. The first-order valence-electron chi connectivity index (χ1n) is 8.42. The Kier molecular flexibility index (Phi) is 4.40. The Balaban J connectivity index is 1.78. The van der Waals surface area contributed by atoms with Gasteiger partial charge in [0.1, 0.15) is 5.69 Å². The van der Waals surface area contributed by atoms with E-state index in [1.165, 1.54) is 7.11 Å². The van der Waals surface area contributed by atoms with E-state index in [0.29, 0.717) is 34.1 Å². The highest BCUT2D eigenvalue weighted by atomic mass is 16.5. The van der Waals surface area contributed by atoms with Crippen LogP contribution in [0.4, 0.5) is 10.6 Å². The molecule has 9 nitrogen and oxygen atoms in total. The van der Waals surface area contributed by atoms with E-state index in [0.717, 1.165) is 16.8 Å². The fourth-order valence-electron chi connectivity index (χ4n) is 2.96. The van der Waals surface area contributed by atoms with Gasteiger partial charge in [-0.05, 0) is 30.7 Å².